The summed E-state index contributed by atoms with van der Waals surface area (Å²) in [6.45, 7) is 4.93. The summed E-state index contributed by atoms with van der Waals surface area (Å²) >= 11 is 0. The molecule has 0 aliphatic carbocycles. The maximum atomic E-state index is 12.7. The fourth-order valence-corrected chi connectivity index (χ4v) is 3.21. The molecule has 1 atom stereocenters. The standard InChI is InChI=1S/C21H25N3O3/c1-5-12-24-17-9-7-6-8-16(17)23-20(24)14(2)22-21(25)15-10-11-18(26-3)19(13-15)27-4/h6-11,13-14H,5,12H2,1-4H3,(H,22,25)/t14-/m0/s1. The lowest BCUT2D eigenvalue weighted by molar-refractivity contribution is 0.0937. The van der Waals surface area contributed by atoms with Gasteiger partial charge in [-0.15, -0.1) is 0 Å². The van der Waals surface area contributed by atoms with Crippen molar-refractivity contribution < 1.29 is 14.3 Å². The van der Waals surface area contributed by atoms with E-state index in [9.17, 15) is 4.79 Å². The number of benzene rings is 2. The first kappa shape index (κ1) is 18.8. The third-order valence-electron chi connectivity index (χ3n) is 4.51. The number of para-hydroxylation sites is 2. The molecule has 27 heavy (non-hydrogen) atoms. The minimum Gasteiger partial charge on any atom is -0.493 e. The summed E-state index contributed by atoms with van der Waals surface area (Å²) in [5.74, 6) is 1.79. The van der Waals surface area contributed by atoms with E-state index in [1.807, 2.05) is 25.1 Å². The van der Waals surface area contributed by atoms with Crippen molar-refractivity contribution in [1.82, 2.24) is 14.9 Å². The zero-order chi connectivity index (χ0) is 19.4. The number of carbonyl (C=O) groups is 1. The first-order valence-corrected chi connectivity index (χ1v) is 9.07. The van der Waals surface area contributed by atoms with Crippen LogP contribution in [-0.2, 0) is 6.54 Å². The maximum Gasteiger partial charge on any atom is 0.251 e. The Morgan fingerprint density at radius 3 is 2.59 bits per heavy atom. The summed E-state index contributed by atoms with van der Waals surface area (Å²) in [6.07, 6.45) is 0.990. The molecule has 0 aliphatic heterocycles. The number of ether oxygens (including phenoxy) is 2. The number of rotatable bonds is 7. The molecule has 0 saturated carbocycles. The number of hydrogen-bond donors (Lipinski definition) is 1. The molecule has 0 spiro atoms. The quantitative estimate of drug-likeness (QED) is 0.687. The molecule has 1 N–H and O–H groups in total. The second-order valence-electron chi connectivity index (χ2n) is 6.38. The molecule has 0 bridgehead atoms. The van der Waals surface area contributed by atoms with Gasteiger partial charge in [0.2, 0.25) is 0 Å². The Kier molecular flexibility index (Phi) is 5.64. The fraction of sp³-hybridized carbons (Fsp3) is 0.333. The highest BCUT2D eigenvalue weighted by Crippen LogP contribution is 2.28. The van der Waals surface area contributed by atoms with Crippen LogP contribution in [0.15, 0.2) is 42.5 Å². The van der Waals surface area contributed by atoms with Gasteiger partial charge in [0.05, 0.1) is 31.3 Å². The highest BCUT2D eigenvalue weighted by atomic mass is 16.5. The number of methoxy groups -OCH3 is 2. The van der Waals surface area contributed by atoms with Gasteiger partial charge in [-0.2, -0.15) is 0 Å². The fourth-order valence-electron chi connectivity index (χ4n) is 3.21. The number of nitrogens with one attached hydrogen (secondary N) is 1. The Balaban J connectivity index is 1.87. The summed E-state index contributed by atoms with van der Waals surface area (Å²) in [7, 11) is 3.12. The summed E-state index contributed by atoms with van der Waals surface area (Å²) in [6, 6.07) is 12.9. The molecule has 0 aliphatic rings. The van der Waals surface area contributed by atoms with Crippen LogP contribution in [0.3, 0.4) is 0 Å². The van der Waals surface area contributed by atoms with Gasteiger partial charge in [-0.05, 0) is 43.7 Å². The molecule has 1 amide bonds. The monoisotopic (exact) mass is 367 g/mol. The van der Waals surface area contributed by atoms with Gasteiger partial charge >= 0.3 is 0 Å². The van der Waals surface area contributed by atoms with E-state index in [0.717, 1.165) is 29.8 Å². The van der Waals surface area contributed by atoms with Gasteiger partial charge in [0.15, 0.2) is 11.5 Å². The molecule has 142 valence electrons. The van der Waals surface area contributed by atoms with E-state index in [4.69, 9.17) is 14.5 Å². The van der Waals surface area contributed by atoms with Gasteiger partial charge in [-0.25, -0.2) is 4.98 Å². The average molecular weight is 367 g/mol. The van der Waals surface area contributed by atoms with Crippen molar-refractivity contribution in [2.75, 3.05) is 14.2 Å². The molecular formula is C21H25N3O3. The molecule has 6 nitrogen and oxygen atoms in total. The summed E-state index contributed by atoms with van der Waals surface area (Å²) in [5, 5.41) is 3.04. The van der Waals surface area contributed by atoms with Gasteiger partial charge in [0.1, 0.15) is 5.82 Å². The topological polar surface area (TPSA) is 65.4 Å². The van der Waals surface area contributed by atoms with Crippen molar-refractivity contribution in [3.63, 3.8) is 0 Å². The normalized spacial score (nSPS) is 12.0. The van der Waals surface area contributed by atoms with Crippen LogP contribution in [0.5, 0.6) is 11.5 Å². The van der Waals surface area contributed by atoms with Gasteiger partial charge < -0.3 is 19.4 Å². The van der Waals surface area contributed by atoms with Gasteiger partial charge in [0.25, 0.3) is 5.91 Å². The molecule has 6 heteroatoms. The van der Waals surface area contributed by atoms with Crippen molar-refractivity contribution in [2.45, 2.75) is 32.9 Å². The smallest absolute Gasteiger partial charge is 0.251 e. The number of aromatic nitrogens is 2. The first-order valence-electron chi connectivity index (χ1n) is 9.07. The molecule has 0 radical (unpaired) electrons. The predicted molar refractivity (Wildman–Crippen MR) is 105 cm³/mol. The van der Waals surface area contributed by atoms with Crippen LogP contribution in [0.4, 0.5) is 0 Å². The zero-order valence-electron chi connectivity index (χ0n) is 16.2. The van der Waals surface area contributed by atoms with Crippen LogP contribution in [-0.4, -0.2) is 29.7 Å². The lowest BCUT2D eigenvalue weighted by Crippen LogP contribution is -2.28. The Bertz CT molecular complexity index is 949. The Hall–Kier alpha value is -3.02. The van der Waals surface area contributed by atoms with Crippen LogP contribution in [0.1, 0.15) is 42.5 Å². The van der Waals surface area contributed by atoms with Crippen molar-refractivity contribution in [2.24, 2.45) is 0 Å². The first-order chi connectivity index (χ1) is 13.1. The van der Waals surface area contributed by atoms with E-state index < -0.39 is 0 Å². The van der Waals surface area contributed by atoms with Crippen molar-refractivity contribution in [3.05, 3.63) is 53.9 Å². The van der Waals surface area contributed by atoms with Crippen LogP contribution in [0.2, 0.25) is 0 Å². The second-order valence-corrected chi connectivity index (χ2v) is 6.38. The molecule has 0 saturated heterocycles. The molecule has 3 rings (SSSR count). The highest BCUT2D eigenvalue weighted by molar-refractivity contribution is 5.95. The SMILES string of the molecule is CCCn1c([C@H](C)NC(=O)c2ccc(OC)c(OC)c2)nc2ccccc21. The van der Waals surface area contributed by atoms with Gasteiger partial charge in [0, 0.05) is 12.1 Å². The number of imidazole rings is 1. The molecule has 1 aromatic heterocycles. The van der Waals surface area contributed by atoms with E-state index in [1.54, 1.807) is 32.4 Å². The lowest BCUT2D eigenvalue weighted by Gasteiger charge is -2.16. The number of fused-ring (bicyclic) bond motifs is 1. The second kappa shape index (κ2) is 8.12. The van der Waals surface area contributed by atoms with Crippen molar-refractivity contribution >= 4 is 16.9 Å². The van der Waals surface area contributed by atoms with E-state index in [-0.39, 0.29) is 11.9 Å². The predicted octanol–water partition coefficient (Wildman–Crippen LogP) is 3.95. The summed E-state index contributed by atoms with van der Waals surface area (Å²) < 4.78 is 12.7. The molecule has 0 unspecified atom stereocenters. The van der Waals surface area contributed by atoms with Crippen LogP contribution < -0.4 is 14.8 Å². The van der Waals surface area contributed by atoms with Gasteiger partial charge in [-0.1, -0.05) is 19.1 Å². The minimum absolute atomic E-state index is 0.182. The van der Waals surface area contributed by atoms with Crippen LogP contribution in [0, 0.1) is 0 Å². The average Bonchev–Trinajstić information content (AvgIpc) is 3.06. The maximum absolute atomic E-state index is 12.7. The lowest BCUT2D eigenvalue weighted by atomic mass is 10.1. The Morgan fingerprint density at radius 1 is 1.15 bits per heavy atom. The van der Waals surface area contributed by atoms with Crippen molar-refractivity contribution in [3.8, 4) is 11.5 Å². The third kappa shape index (κ3) is 3.74. The van der Waals surface area contributed by atoms with E-state index in [0.29, 0.717) is 17.1 Å². The molecule has 0 fully saturated rings. The Labute approximate surface area is 159 Å². The van der Waals surface area contributed by atoms with Crippen LogP contribution >= 0.6 is 0 Å². The number of aryl methyl sites for hydroxylation is 1. The molecule has 2 aromatic carbocycles. The minimum atomic E-state index is -0.232. The number of hydrogen-bond acceptors (Lipinski definition) is 4. The van der Waals surface area contributed by atoms with E-state index >= 15 is 0 Å². The van der Waals surface area contributed by atoms with Crippen LogP contribution in [0.25, 0.3) is 11.0 Å². The molecular weight excluding hydrogens is 342 g/mol. The largest absolute Gasteiger partial charge is 0.493 e. The summed E-state index contributed by atoms with van der Waals surface area (Å²) in [5.41, 5.74) is 2.53. The van der Waals surface area contributed by atoms with Crippen molar-refractivity contribution in [1.29, 1.82) is 0 Å². The summed E-state index contributed by atoms with van der Waals surface area (Å²) in [4.78, 5) is 17.5. The Morgan fingerprint density at radius 2 is 1.89 bits per heavy atom. The zero-order valence-corrected chi connectivity index (χ0v) is 16.2. The van der Waals surface area contributed by atoms with Gasteiger partial charge in [-0.3, -0.25) is 4.79 Å². The highest BCUT2D eigenvalue weighted by Gasteiger charge is 2.19. The molecule has 1 heterocycles. The van der Waals surface area contributed by atoms with E-state index in [2.05, 4.69) is 22.9 Å². The number of carbonyl (C=O) groups excluding carboxylic acids is 1. The number of nitrogens with zero attached hydrogens (tertiary/aromatic N) is 2. The number of amides is 1. The molecule has 3 aromatic rings. The third-order valence-corrected chi connectivity index (χ3v) is 4.51. The van der Waals surface area contributed by atoms with E-state index in [1.165, 1.54) is 0 Å².